The van der Waals surface area contributed by atoms with Crippen LogP contribution in [0.3, 0.4) is 0 Å². The van der Waals surface area contributed by atoms with E-state index in [9.17, 15) is 9.59 Å². The number of halogens is 2. The quantitative estimate of drug-likeness (QED) is 0.0346. The Bertz CT molecular complexity index is 1140. The van der Waals surface area contributed by atoms with Gasteiger partial charge in [0, 0.05) is 0 Å². The third kappa shape index (κ3) is 58.3. The lowest BCUT2D eigenvalue weighted by atomic mass is 10.0. The number of allylic oxidation sites excluding steroid dienone is 4. The predicted octanol–water partition coefficient (Wildman–Crippen LogP) is 17.8. The molecule has 0 N–H and O–H groups in total. The molecule has 4 nitrogen and oxygen atoms in total. The van der Waals surface area contributed by atoms with Crippen LogP contribution in [0.5, 0.6) is 0 Å². The molecule has 0 saturated heterocycles. The number of hydrogen-bond acceptors (Lipinski definition) is 2. The zero-order chi connectivity index (χ0) is 56.5. The van der Waals surface area contributed by atoms with E-state index in [1.54, 1.807) is 0 Å². The Kier molecular flexibility index (Phi) is 71.3. The number of carbonyl (C=O) groups excluding carboxylic acids is 2. The minimum Gasteiger partial charge on any atom is -1.00 e. The first-order valence-electron chi connectivity index (χ1n) is 34.2. The van der Waals surface area contributed by atoms with Crippen molar-refractivity contribution in [2.45, 2.75) is 383 Å². The van der Waals surface area contributed by atoms with Crippen molar-refractivity contribution in [3.05, 3.63) is 24.3 Å². The molecule has 0 spiro atoms. The van der Waals surface area contributed by atoms with Crippen LogP contribution in [-0.4, -0.2) is 61.1 Å². The third-order valence-electron chi connectivity index (χ3n) is 16.5. The fourth-order valence-electron chi connectivity index (χ4n) is 10.9. The van der Waals surface area contributed by atoms with Crippen molar-refractivity contribution in [3.8, 4) is 0 Å². The van der Waals surface area contributed by atoms with Crippen molar-refractivity contribution >= 4 is 11.8 Å². The average Bonchev–Trinajstić information content (AvgIpc) is 3.37. The molecule has 77 heavy (non-hydrogen) atoms. The summed E-state index contributed by atoms with van der Waals surface area (Å²) in [5.74, 6) is 2.63. The smallest absolute Gasteiger partial charge is 0.313 e. The second-order valence-corrected chi connectivity index (χ2v) is 25.6. The first-order valence-corrected chi connectivity index (χ1v) is 34.2. The highest BCUT2D eigenvalue weighted by Gasteiger charge is 2.34. The number of quaternary nitrogens is 2. The highest BCUT2D eigenvalue weighted by atomic mass is 35.5. The summed E-state index contributed by atoms with van der Waals surface area (Å²) in [6.45, 7) is 22.6. The molecule has 464 valence electrons. The van der Waals surface area contributed by atoms with Gasteiger partial charge in [-0.2, -0.15) is 0 Å². The fourth-order valence-corrected chi connectivity index (χ4v) is 10.9. The second kappa shape index (κ2) is 64.5. The normalized spacial score (nSPS) is 12.6. The molecule has 0 heterocycles. The van der Waals surface area contributed by atoms with Gasteiger partial charge in [-0.3, -0.25) is 8.97 Å². The lowest BCUT2D eigenvalue weighted by molar-refractivity contribution is -0.841. The van der Waals surface area contributed by atoms with E-state index in [-0.39, 0.29) is 24.8 Å². The van der Waals surface area contributed by atoms with Crippen LogP contribution in [0.2, 0.25) is 0 Å². The molecule has 0 aromatic carbocycles. The van der Waals surface area contributed by atoms with Gasteiger partial charge < -0.3 is 24.8 Å². The maximum absolute atomic E-state index is 13.0. The van der Waals surface area contributed by atoms with Crippen molar-refractivity contribution in [1.29, 1.82) is 0 Å². The van der Waals surface area contributed by atoms with Crippen LogP contribution in [0, 0.1) is 11.8 Å². The van der Waals surface area contributed by atoms with Crippen LogP contribution in [0.1, 0.15) is 371 Å². The van der Waals surface area contributed by atoms with Crippen LogP contribution in [0.25, 0.3) is 0 Å². The summed E-state index contributed by atoms with van der Waals surface area (Å²) < 4.78 is 1.18. The van der Waals surface area contributed by atoms with Crippen molar-refractivity contribution in [1.82, 2.24) is 0 Å². The summed E-state index contributed by atoms with van der Waals surface area (Å²) in [6.07, 6.45) is 70.1. The Balaban J connectivity index is -0.000000416. The van der Waals surface area contributed by atoms with Gasteiger partial charge in [-0.1, -0.05) is 280 Å². The van der Waals surface area contributed by atoms with Gasteiger partial charge in [0.05, 0.1) is 53.1 Å². The molecule has 0 fully saturated rings. The number of rotatable bonds is 52. The number of carbonyl (C=O) groups is 2. The molecule has 2 amide bonds. The summed E-state index contributed by atoms with van der Waals surface area (Å²) >= 11 is 0. The van der Waals surface area contributed by atoms with Gasteiger partial charge in [-0.05, 0) is 115 Å². The Hall–Kier alpha value is -0.680. The molecule has 2 atom stereocenters. The van der Waals surface area contributed by atoms with Crippen LogP contribution >= 0.6 is 0 Å². The van der Waals surface area contributed by atoms with Crippen LogP contribution in [0.15, 0.2) is 24.3 Å². The molecule has 0 aliphatic rings. The lowest BCUT2D eigenvalue weighted by Gasteiger charge is -2.35. The summed E-state index contributed by atoms with van der Waals surface area (Å²) in [6, 6.07) is 0.981. The molecule has 0 aliphatic carbocycles. The Morgan fingerprint density at radius 1 is 0.312 bits per heavy atom. The minimum atomic E-state index is 0. The monoisotopic (exact) mass is 1130 g/mol. The Morgan fingerprint density at radius 2 is 0.519 bits per heavy atom. The van der Waals surface area contributed by atoms with Crippen molar-refractivity contribution < 1.29 is 43.4 Å². The van der Waals surface area contributed by atoms with Crippen molar-refractivity contribution in [2.75, 3.05) is 28.2 Å². The Morgan fingerprint density at radius 3 is 0.753 bits per heavy atom. The van der Waals surface area contributed by atoms with Crippen molar-refractivity contribution in [3.63, 3.8) is 0 Å². The van der Waals surface area contributed by atoms with E-state index in [2.05, 4.69) is 122 Å². The van der Waals surface area contributed by atoms with Gasteiger partial charge in [0.1, 0.15) is 0 Å². The van der Waals surface area contributed by atoms with Crippen molar-refractivity contribution in [2.24, 2.45) is 11.8 Å². The minimum absolute atomic E-state index is 0. The van der Waals surface area contributed by atoms with Gasteiger partial charge in [0.2, 0.25) is 0 Å². The molecular weight excluding hydrogens is 984 g/mol. The number of unbranched alkanes of at least 4 members (excludes halogenated alkanes) is 32. The molecule has 0 aliphatic heterocycles. The maximum atomic E-state index is 13.0. The van der Waals surface area contributed by atoms with Crippen LogP contribution in [-0.2, 0) is 9.59 Å². The highest BCUT2D eigenvalue weighted by Crippen LogP contribution is 2.24. The molecular formula is C71H144Cl2N2O2. The van der Waals surface area contributed by atoms with E-state index < -0.39 is 0 Å². The number of hydrogen-bond donors (Lipinski definition) is 0. The zero-order valence-corrected chi connectivity index (χ0v) is 56.8. The average molecular weight is 1130 g/mol. The van der Waals surface area contributed by atoms with E-state index in [0.29, 0.717) is 32.9 Å². The van der Waals surface area contributed by atoms with Crippen LogP contribution < -0.4 is 24.8 Å². The van der Waals surface area contributed by atoms with E-state index in [4.69, 9.17) is 0 Å². The number of nitrogens with zero attached hydrogens (tertiary/aromatic N) is 2. The topological polar surface area (TPSA) is 34.1 Å². The summed E-state index contributed by atoms with van der Waals surface area (Å²) in [7, 11) is 8.65. The van der Waals surface area contributed by atoms with Gasteiger partial charge in [0.15, 0.2) is 0 Å². The van der Waals surface area contributed by atoms with E-state index in [1.165, 1.54) is 263 Å². The fraction of sp³-hybridized carbons (Fsp3) is 0.915. The standard InChI is InChI=1S/2C34H68NO.C3H8.2ClH/c2*1-7-9-10-11-20-24-27-30-33(8-2)35(5,6)34(36)31-28-25-22-19-17-15-13-12-14-16-18-21-23-26-29-32(3)4;1-3-2;;/h2*12-13,32-33H,7-11,14-31H2,1-6H3;3H2,1-2H3;2*1H/q2*+1;;;/p-2/b2*13-12-;;;. The molecule has 2 unspecified atom stereocenters. The SMILES string of the molecule is CCC.CCCCCCCCCC(CC)[N+](C)(C)C(=O)CCCCCCC/C=C\CCCCCCCC(C)C.CCCCCCCCCC(CC)[N+](C)(C)C(=O)CCCCCCC/C=C\CCCCCCCC(C)C.[Cl-].[Cl-]. The second-order valence-electron chi connectivity index (χ2n) is 25.6. The van der Waals surface area contributed by atoms with Gasteiger partial charge in [0.25, 0.3) is 0 Å². The molecule has 0 rings (SSSR count). The maximum Gasteiger partial charge on any atom is 0.313 e. The highest BCUT2D eigenvalue weighted by molar-refractivity contribution is 5.69. The van der Waals surface area contributed by atoms with Gasteiger partial charge >= 0.3 is 11.8 Å². The molecule has 0 aromatic rings. The summed E-state index contributed by atoms with van der Waals surface area (Å²) in [5, 5.41) is 0. The lowest BCUT2D eigenvalue weighted by Crippen LogP contribution is -3.00. The predicted molar refractivity (Wildman–Crippen MR) is 341 cm³/mol. The molecule has 0 radical (unpaired) electrons. The number of amides is 2. The summed E-state index contributed by atoms with van der Waals surface area (Å²) in [5.41, 5.74) is 0. The van der Waals surface area contributed by atoms with E-state index in [0.717, 1.165) is 50.4 Å². The molecule has 0 bridgehead atoms. The molecule has 0 saturated carbocycles. The molecule has 0 aromatic heterocycles. The largest absolute Gasteiger partial charge is 1.00 e. The summed E-state index contributed by atoms with van der Waals surface area (Å²) in [4.78, 5) is 26.0. The van der Waals surface area contributed by atoms with Gasteiger partial charge in [-0.25, -0.2) is 9.59 Å². The zero-order valence-electron chi connectivity index (χ0n) is 55.3. The first-order chi connectivity index (χ1) is 36.1. The van der Waals surface area contributed by atoms with E-state index >= 15 is 0 Å². The van der Waals surface area contributed by atoms with Gasteiger partial charge in [-0.15, -0.1) is 0 Å². The van der Waals surface area contributed by atoms with E-state index in [1.807, 2.05) is 0 Å². The first kappa shape index (κ1) is 85.1. The van der Waals surface area contributed by atoms with Crippen LogP contribution in [0.4, 0.5) is 0 Å². The molecule has 6 heteroatoms. The Labute approximate surface area is 499 Å². The third-order valence-corrected chi connectivity index (χ3v) is 16.5.